The summed E-state index contributed by atoms with van der Waals surface area (Å²) in [4.78, 5) is 2.09. The van der Waals surface area contributed by atoms with E-state index in [-0.39, 0.29) is 0 Å². The molecule has 1 fully saturated rings. The van der Waals surface area contributed by atoms with E-state index in [4.69, 9.17) is 0 Å². The molecule has 0 unspecified atom stereocenters. The molecule has 0 atom stereocenters. The molecule has 1 saturated heterocycles. The Morgan fingerprint density at radius 2 is 2.11 bits per heavy atom. The summed E-state index contributed by atoms with van der Waals surface area (Å²) in [5.41, 5.74) is 1.24. The maximum absolute atomic E-state index is 3.96. The normalized spacial score (nSPS) is 18.9. The van der Waals surface area contributed by atoms with Crippen molar-refractivity contribution < 1.29 is 0 Å². The van der Waals surface area contributed by atoms with Crippen LogP contribution in [0.1, 0.15) is 0 Å². The number of nitrogens with one attached hydrogen (secondary N) is 1. The molecule has 0 bridgehead atoms. The maximum Gasteiger partial charge on any atom is 0.0232 e. The van der Waals surface area contributed by atoms with Gasteiger partial charge in [-0.15, -0.1) is 0 Å². The zero-order valence-electron chi connectivity index (χ0n) is 6.15. The first kappa shape index (κ1) is 6.62. The van der Waals surface area contributed by atoms with Crippen molar-refractivity contribution in [2.75, 3.05) is 27.2 Å². The molecule has 0 amide bonds. The van der Waals surface area contributed by atoms with Crippen molar-refractivity contribution in [3.8, 4) is 0 Å². The Morgan fingerprint density at radius 3 is 2.22 bits per heavy atom. The van der Waals surface area contributed by atoms with E-state index in [0.717, 1.165) is 13.1 Å². The molecule has 2 nitrogen and oxygen atoms in total. The van der Waals surface area contributed by atoms with Crippen LogP contribution in [0.5, 0.6) is 0 Å². The fourth-order valence-corrected chi connectivity index (χ4v) is 0.889. The van der Waals surface area contributed by atoms with Crippen molar-refractivity contribution >= 4 is 0 Å². The third-order valence-corrected chi connectivity index (χ3v) is 1.83. The Bertz CT molecular complexity index is 114. The number of rotatable bonds is 2. The van der Waals surface area contributed by atoms with Gasteiger partial charge in [-0.3, -0.25) is 0 Å². The van der Waals surface area contributed by atoms with Crippen LogP contribution >= 0.6 is 0 Å². The van der Waals surface area contributed by atoms with E-state index < -0.39 is 0 Å². The van der Waals surface area contributed by atoms with Crippen molar-refractivity contribution in [2.24, 2.45) is 5.92 Å². The van der Waals surface area contributed by atoms with E-state index >= 15 is 0 Å². The predicted molar refractivity (Wildman–Crippen MR) is 39.2 cm³/mol. The van der Waals surface area contributed by atoms with Crippen molar-refractivity contribution in [2.45, 2.75) is 0 Å². The van der Waals surface area contributed by atoms with Gasteiger partial charge < -0.3 is 10.2 Å². The highest BCUT2D eigenvalue weighted by Gasteiger charge is 2.20. The molecule has 1 heterocycles. The SMILES string of the molecule is C=C(C1CNC1)N(C)C. The molecular formula is C7H14N2. The van der Waals surface area contributed by atoms with E-state index in [1.54, 1.807) is 0 Å². The van der Waals surface area contributed by atoms with Crippen LogP contribution in [0, 0.1) is 5.92 Å². The predicted octanol–water partition coefficient (Wildman–Crippen LogP) is 0.281. The Hall–Kier alpha value is -0.500. The Kier molecular flexibility index (Phi) is 1.76. The van der Waals surface area contributed by atoms with Crippen LogP contribution in [0.3, 0.4) is 0 Å². The van der Waals surface area contributed by atoms with E-state index in [9.17, 15) is 0 Å². The van der Waals surface area contributed by atoms with Gasteiger partial charge in [-0.1, -0.05) is 6.58 Å². The minimum Gasteiger partial charge on any atom is -0.381 e. The summed E-state index contributed by atoms with van der Waals surface area (Å²) < 4.78 is 0. The lowest BCUT2D eigenvalue weighted by Crippen LogP contribution is -2.45. The first-order valence-electron chi connectivity index (χ1n) is 3.28. The Morgan fingerprint density at radius 1 is 1.56 bits per heavy atom. The molecule has 1 aliphatic rings. The minimum absolute atomic E-state index is 0.694. The summed E-state index contributed by atoms with van der Waals surface area (Å²) in [5, 5.41) is 3.21. The lowest BCUT2D eigenvalue weighted by Gasteiger charge is -2.32. The maximum atomic E-state index is 3.96. The third-order valence-electron chi connectivity index (χ3n) is 1.83. The van der Waals surface area contributed by atoms with Gasteiger partial charge in [0, 0.05) is 38.8 Å². The standard InChI is InChI=1S/C7H14N2/c1-6(9(2)3)7-4-8-5-7/h7-8H,1,4-5H2,2-3H3. The molecule has 1 rings (SSSR count). The molecule has 0 aromatic rings. The molecule has 1 N–H and O–H groups in total. The van der Waals surface area contributed by atoms with Crippen LogP contribution in [-0.2, 0) is 0 Å². The molecule has 0 spiro atoms. The first-order chi connectivity index (χ1) is 4.22. The van der Waals surface area contributed by atoms with Crippen LogP contribution in [0.25, 0.3) is 0 Å². The van der Waals surface area contributed by atoms with Gasteiger partial charge in [0.05, 0.1) is 0 Å². The molecule has 0 radical (unpaired) electrons. The summed E-state index contributed by atoms with van der Waals surface area (Å²) in [6.45, 7) is 6.18. The first-order valence-corrected chi connectivity index (χ1v) is 3.28. The van der Waals surface area contributed by atoms with Gasteiger partial charge in [-0.05, 0) is 0 Å². The van der Waals surface area contributed by atoms with Gasteiger partial charge in [0.2, 0.25) is 0 Å². The van der Waals surface area contributed by atoms with Crippen molar-refractivity contribution in [1.29, 1.82) is 0 Å². The van der Waals surface area contributed by atoms with E-state index in [2.05, 4.69) is 16.8 Å². The van der Waals surface area contributed by atoms with Gasteiger partial charge in [-0.25, -0.2) is 0 Å². The van der Waals surface area contributed by atoms with Crippen LogP contribution in [0.4, 0.5) is 0 Å². The summed E-state index contributed by atoms with van der Waals surface area (Å²) >= 11 is 0. The van der Waals surface area contributed by atoms with Crippen LogP contribution in [-0.4, -0.2) is 32.1 Å². The number of hydrogen-bond acceptors (Lipinski definition) is 2. The average Bonchev–Trinajstić information content (AvgIpc) is 1.60. The van der Waals surface area contributed by atoms with Gasteiger partial charge in [0.1, 0.15) is 0 Å². The fraction of sp³-hybridized carbons (Fsp3) is 0.714. The second-order valence-corrected chi connectivity index (χ2v) is 2.74. The monoisotopic (exact) mass is 126 g/mol. The molecule has 2 heteroatoms. The van der Waals surface area contributed by atoms with Crippen LogP contribution in [0.15, 0.2) is 12.3 Å². The lowest BCUT2D eigenvalue weighted by atomic mass is 10.00. The van der Waals surface area contributed by atoms with Crippen LogP contribution < -0.4 is 5.32 Å². The Labute approximate surface area is 56.5 Å². The second-order valence-electron chi connectivity index (χ2n) is 2.74. The van der Waals surface area contributed by atoms with Gasteiger partial charge in [0.25, 0.3) is 0 Å². The molecule has 9 heavy (non-hydrogen) atoms. The van der Waals surface area contributed by atoms with Gasteiger partial charge in [0.15, 0.2) is 0 Å². The third kappa shape index (κ3) is 1.24. The molecular weight excluding hydrogens is 112 g/mol. The molecule has 0 saturated carbocycles. The highest BCUT2D eigenvalue weighted by molar-refractivity contribution is 5.03. The van der Waals surface area contributed by atoms with Crippen LogP contribution in [0.2, 0.25) is 0 Å². The summed E-state index contributed by atoms with van der Waals surface area (Å²) in [7, 11) is 4.08. The highest BCUT2D eigenvalue weighted by atomic mass is 15.1. The number of hydrogen-bond donors (Lipinski definition) is 1. The summed E-state index contributed by atoms with van der Waals surface area (Å²) in [6, 6.07) is 0. The molecule has 52 valence electrons. The van der Waals surface area contributed by atoms with Gasteiger partial charge >= 0.3 is 0 Å². The average molecular weight is 126 g/mol. The van der Waals surface area contributed by atoms with E-state index in [0.29, 0.717) is 5.92 Å². The molecule has 1 aliphatic heterocycles. The van der Waals surface area contributed by atoms with Crippen molar-refractivity contribution in [1.82, 2.24) is 10.2 Å². The summed E-state index contributed by atoms with van der Waals surface area (Å²) in [6.07, 6.45) is 0. The molecule has 0 aromatic carbocycles. The van der Waals surface area contributed by atoms with Gasteiger partial charge in [-0.2, -0.15) is 0 Å². The molecule has 0 aliphatic carbocycles. The van der Waals surface area contributed by atoms with Crippen molar-refractivity contribution in [3.63, 3.8) is 0 Å². The fourth-order valence-electron chi connectivity index (χ4n) is 0.889. The Balaban J connectivity index is 2.32. The quantitative estimate of drug-likeness (QED) is 0.571. The topological polar surface area (TPSA) is 15.3 Å². The van der Waals surface area contributed by atoms with E-state index in [1.807, 2.05) is 14.1 Å². The zero-order chi connectivity index (χ0) is 6.85. The second kappa shape index (κ2) is 2.40. The highest BCUT2D eigenvalue weighted by Crippen LogP contribution is 2.14. The lowest BCUT2D eigenvalue weighted by molar-refractivity contribution is 0.324. The number of nitrogens with zero attached hydrogens (tertiary/aromatic N) is 1. The molecule has 0 aromatic heterocycles. The van der Waals surface area contributed by atoms with E-state index in [1.165, 1.54) is 5.70 Å². The summed E-state index contributed by atoms with van der Waals surface area (Å²) in [5.74, 6) is 0.694. The minimum atomic E-state index is 0.694. The smallest absolute Gasteiger partial charge is 0.0232 e. The van der Waals surface area contributed by atoms with Crippen molar-refractivity contribution in [3.05, 3.63) is 12.3 Å². The largest absolute Gasteiger partial charge is 0.381 e. The zero-order valence-corrected chi connectivity index (χ0v) is 6.15.